The van der Waals surface area contributed by atoms with Crippen LogP contribution in [0.3, 0.4) is 0 Å². The molecule has 0 spiro atoms. The lowest BCUT2D eigenvalue weighted by Gasteiger charge is -2.36. The molecule has 0 aromatic heterocycles. The zero-order chi connectivity index (χ0) is 13.1. The third-order valence-corrected chi connectivity index (χ3v) is 4.88. The Labute approximate surface area is 120 Å². The summed E-state index contributed by atoms with van der Waals surface area (Å²) in [7, 11) is 0. The summed E-state index contributed by atoms with van der Waals surface area (Å²) in [6, 6.07) is 5.05. The molecule has 2 unspecified atom stereocenters. The summed E-state index contributed by atoms with van der Waals surface area (Å²) >= 11 is 5.37. The highest BCUT2D eigenvalue weighted by Gasteiger charge is 2.26. The molecule has 1 aliphatic rings. The van der Waals surface area contributed by atoms with Crippen molar-refractivity contribution < 1.29 is 4.39 Å². The maximum absolute atomic E-state index is 14.0. The van der Waals surface area contributed by atoms with Crippen molar-refractivity contribution in [1.29, 1.82) is 0 Å². The van der Waals surface area contributed by atoms with Crippen LogP contribution in [-0.4, -0.2) is 35.5 Å². The van der Waals surface area contributed by atoms with E-state index in [0.29, 0.717) is 17.4 Å². The van der Waals surface area contributed by atoms with Crippen LogP contribution in [-0.2, 0) is 0 Å². The first-order valence-electron chi connectivity index (χ1n) is 6.12. The molecular weight excluding hydrogens is 315 g/mol. The second-order valence-electron chi connectivity index (χ2n) is 4.59. The van der Waals surface area contributed by atoms with Gasteiger partial charge in [-0.2, -0.15) is 11.8 Å². The van der Waals surface area contributed by atoms with Gasteiger partial charge in [0, 0.05) is 40.7 Å². The summed E-state index contributed by atoms with van der Waals surface area (Å²) in [4.78, 5) is 2.30. The highest BCUT2D eigenvalue weighted by Crippen LogP contribution is 2.29. The van der Waals surface area contributed by atoms with Gasteiger partial charge in [0.25, 0.3) is 0 Å². The van der Waals surface area contributed by atoms with Gasteiger partial charge in [-0.25, -0.2) is 4.39 Å². The van der Waals surface area contributed by atoms with E-state index in [1.54, 1.807) is 6.07 Å². The van der Waals surface area contributed by atoms with E-state index < -0.39 is 0 Å². The van der Waals surface area contributed by atoms with Crippen molar-refractivity contribution >= 4 is 27.7 Å². The quantitative estimate of drug-likeness (QED) is 0.922. The van der Waals surface area contributed by atoms with Crippen molar-refractivity contribution in [2.24, 2.45) is 5.73 Å². The predicted molar refractivity (Wildman–Crippen MR) is 79.4 cm³/mol. The van der Waals surface area contributed by atoms with E-state index >= 15 is 0 Å². The first kappa shape index (κ1) is 14.3. The van der Waals surface area contributed by atoms with Gasteiger partial charge in [-0.15, -0.1) is 0 Å². The van der Waals surface area contributed by atoms with Crippen molar-refractivity contribution in [2.75, 3.05) is 25.4 Å². The van der Waals surface area contributed by atoms with Gasteiger partial charge in [-0.3, -0.25) is 4.90 Å². The van der Waals surface area contributed by atoms with E-state index in [1.807, 2.05) is 17.8 Å². The zero-order valence-electron chi connectivity index (χ0n) is 10.4. The fourth-order valence-electron chi connectivity index (χ4n) is 2.37. The van der Waals surface area contributed by atoms with Gasteiger partial charge in [-0.05, 0) is 18.2 Å². The largest absolute Gasteiger partial charge is 0.329 e. The molecule has 0 aliphatic carbocycles. The monoisotopic (exact) mass is 332 g/mol. The molecule has 2 nitrogen and oxygen atoms in total. The molecule has 0 saturated carbocycles. The number of hydrogen-bond acceptors (Lipinski definition) is 3. The minimum atomic E-state index is -0.167. The van der Waals surface area contributed by atoms with E-state index in [-0.39, 0.29) is 11.9 Å². The van der Waals surface area contributed by atoms with E-state index in [4.69, 9.17) is 5.73 Å². The van der Waals surface area contributed by atoms with E-state index in [9.17, 15) is 4.39 Å². The van der Waals surface area contributed by atoms with Crippen LogP contribution < -0.4 is 5.73 Å². The second kappa shape index (κ2) is 6.37. The molecule has 18 heavy (non-hydrogen) atoms. The molecule has 2 atom stereocenters. The minimum Gasteiger partial charge on any atom is -0.329 e. The Morgan fingerprint density at radius 3 is 3.06 bits per heavy atom. The topological polar surface area (TPSA) is 29.3 Å². The van der Waals surface area contributed by atoms with Gasteiger partial charge in [0.2, 0.25) is 0 Å². The number of benzene rings is 1. The van der Waals surface area contributed by atoms with Crippen molar-refractivity contribution in [3.05, 3.63) is 34.1 Å². The van der Waals surface area contributed by atoms with Crippen LogP contribution in [0.15, 0.2) is 22.7 Å². The lowest BCUT2D eigenvalue weighted by molar-refractivity contribution is 0.207. The Kier molecular flexibility index (Phi) is 5.06. The number of rotatable bonds is 3. The number of nitrogens with two attached hydrogens (primary N) is 1. The van der Waals surface area contributed by atoms with Crippen LogP contribution in [0.4, 0.5) is 4.39 Å². The summed E-state index contributed by atoms with van der Waals surface area (Å²) in [5.41, 5.74) is 6.57. The Bertz CT molecular complexity index is 416. The lowest BCUT2D eigenvalue weighted by atomic mass is 10.0. The van der Waals surface area contributed by atoms with Crippen molar-refractivity contribution in [3.63, 3.8) is 0 Å². The summed E-state index contributed by atoms with van der Waals surface area (Å²) in [5.74, 6) is 0.923. The third-order valence-electron chi connectivity index (χ3n) is 3.25. The fourth-order valence-corrected chi connectivity index (χ4v) is 3.79. The molecule has 100 valence electrons. The molecule has 1 aliphatic heterocycles. The van der Waals surface area contributed by atoms with Gasteiger partial charge >= 0.3 is 0 Å². The van der Waals surface area contributed by atoms with Crippen LogP contribution in [0, 0.1) is 5.82 Å². The number of halogens is 2. The Morgan fingerprint density at radius 2 is 2.39 bits per heavy atom. The molecule has 0 amide bonds. The number of nitrogens with zero attached hydrogens (tertiary/aromatic N) is 1. The van der Waals surface area contributed by atoms with Crippen LogP contribution in [0.1, 0.15) is 18.5 Å². The van der Waals surface area contributed by atoms with Gasteiger partial charge in [-0.1, -0.05) is 22.9 Å². The average molecular weight is 333 g/mol. The molecule has 1 heterocycles. The van der Waals surface area contributed by atoms with Crippen LogP contribution in [0.5, 0.6) is 0 Å². The molecule has 1 aromatic carbocycles. The third kappa shape index (κ3) is 3.26. The number of thioether (sulfide) groups is 1. The van der Waals surface area contributed by atoms with Crippen molar-refractivity contribution in [2.45, 2.75) is 18.2 Å². The van der Waals surface area contributed by atoms with Gasteiger partial charge in [0.1, 0.15) is 5.82 Å². The first-order chi connectivity index (χ1) is 8.61. The average Bonchev–Trinajstić information content (AvgIpc) is 2.35. The summed E-state index contributed by atoms with van der Waals surface area (Å²) in [6.45, 7) is 4.60. The SMILES string of the molecule is CC1CN(C(CN)c2cc(Br)ccc2F)CCS1. The van der Waals surface area contributed by atoms with Gasteiger partial charge in [0.15, 0.2) is 0 Å². The van der Waals surface area contributed by atoms with Crippen molar-refractivity contribution in [1.82, 2.24) is 4.90 Å². The minimum absolute atomic E-state index is 0.0224. The summed E-state index contributed by atoms with van der Waals surface area (Å²) in [5, 5.41) is 0.586. The zero-order valence-corrected chi connectivity index (χ0v) is 12.8. The normalized spacial score (nSPS) is 23.0. The summed E-state index contributed by atoms with van der Waals surface area (Å²) in [6.07, 6.45) is 0. The first-order valence-corrected chi connectivity index (χ1v) is 7.96. The molecule has 0 radical (unpaired) electrons. The van der Waals surface area contributed by atoms with Gasteiger partial charge in [0.05, 0.1) is 6.04 Å². The van der Waals surface area contributed by atoms with Crippen molar-refractivity contribution in [3.8, 4) is 0 Å². The van der Waals surface area contributed by atoms with E-state index in [0.717, 1.165) is 23.3 Å². The molecule has 2 N–H and O–H groups in total. The standard InChI is InChI=1S/C13H18BrFN2S/c1-9-8-17(4-5-18-9)13(7-16)11-6-10(14)2-3-12(11)15/h2-3,6,9,13H,4-5,7-8,16H2,1H3. The molecule has 1 fully saturated rings. The number of hydrogen-bond donors (Lipinski definition) is 1. The highest BCUT2D eigenvalue weighted by atomic mass is 79.9. The predicted octanol–water partition coefficient (Wildman–Crippen LogP) is 3.03. The maximum atomic E-state index is 14.0. The Balaban J connectivity index is 2.24. The smallest absolute Gasteiger partial charge is 0.128 e. The lowest BCUT2D eigenvalue weighted by Crippen LogP contribution is -2.42. The maximum Gasteiger partial charge on any atom is 0.128 e. The molecule has 1 saturated heterocycles. The van der Waals surface area contributed by atoms with E-state index in [1.165, 1.54) is 6.07 Å². The second-order valence-corrected chi connectivity index (χ2v) is 7.06. The van der Waals surface area contributed by atoms with Crippen LogP contribution >= 0.6 is 27.7 Å². The molecule has 1 aromatic rings. The molecule has 5 heteroatoms. The molecule has 2 rings (SSSR count). The van der Waals surface area contributed by atoms with Crippen LogP contribution in [0.2, 0.25) is 0 Å². The van der Waals surface area contributed by atoms with Gasteiger partial charge < -0.3 is 5.73 Å². The fraction of sp³-hybridized carbons (Fsp3) is 0.538. The summed E-state index contributed by atoms with van der Waals surface area (Å²) < 4.78 is 14.9. The highest BCUT2D eigenvalue weighted by molar-refractivity contribution is 9.10. The Morgan fingerprint density at radius 1 is 1.61 bits per heavy atom. The molecular formula is C13H18BrFN2S. The Hall–Kier alpha value is -0.100. The van der Waals surface area contributed by atoms with E-state index in [2.05, 4.69) is 27.8 Å². The van der Waals surface area contributed by atoms with Crippen LogP contribution in [0.25, 0.3) is 0 Å². The molecule has 0 bridgehead atoms.